The second-order valence-electron chi connectivity index (χ2n) is 7.83. The summed E-state index contributed by atoms with van der Waals surface area (Å²) in [5, 5.41) is 6.56. The minimum absolute atomic E-state index is 0.144. The molecule has 0 aliphatic rings. The first kappa shape index (κ1) is 24.3. The molecule has 7 nitrogen and oxygen atoms in total. The molecular weight excluding hydrogens is 420 g/mol. The lowest BCUT2D eigenvalue weighted by Crippen LogP contribution is -2.43. The van der Waals surface area contributed by atoms with E-state index in [0.717, 1.165) is 11.3 Å². The maximum absolute atomic E-state index is 12.0. The van der Waals surface area contributed by atoms with Gasteiger partial charge >= 0.3 is 5.97 Å². The number of anilines is 1. The third-order valence-corrected chi connectivity index (χ3v) is 4.44. The highest BCUT2D eigenvalue weighted by Gasteiger charge is 2.16. The van der Waals surface area contributed by atoms with Gasteiger partial charge in [-0.2, -0.15) is 0 Å². The van der Waals surface area contributed by atoms with Crippen LogP contribution in [0, 0.1) is 0 Å². The number of benzene rings is 2. The Bertz CT molecular complexity index is 907. The third-order valence-electron chi connectivity index (χ3n) is 4.08. The van der Waals surface area contributed by atoms with E-state index in [1.54, 1.807) is 43.3 Å². The SMILES string of the molecule is CCOC(=O)c1ccc(NCc2cc(OC)c(OCC(=O)NC(C)(C)C)cc2Cl)cc1. The Balaban J connectivity index is 2.02. The van der Waals surface area contributed by atoms with Crippen molar-refractivity contribution in [2.75, 3.05) is 25.6 Å². The van der Waals surface area contributed by atoms with E-state index in [-0.39, 0.29) is 24.0 Å². The van der Waals surface area contributed by atoms with Gasteiger partial charge in [-0.05, 0) is 63.6 Å². The van der Waals surface area contributed by atoms with Crippen LogP contribution in [-0.2, 0) is 16.1 Å². The topological polar surface area (TPSA) is 85.9 Å². The standard InChI is InChI=1S/C23H29ClN2O5/c1-6-30-22(28)15-7-9-17(10-8-15)25-13-16-11-19(29-5)20(12-18(16)24)31-14-21(27)26-23(2,3)4/h7-12,25H,6,13-14H2,1-5H3,(H,26,27). The van der Waals surface area contributed by atoms with E-state index in [1.165, 1.54) is 7.11 Å². The highest BCUT2D eigenvalue weighted by Crippen LogP contribution is 2.33. The summed E-state index contributed by atoms with van der Waals surface area (Å²) < 4.78 is 16.0. The molecule has 0 spiro atoms. The van der Waals surface area contributed by atoms with Gasteiger partial charge in [-0.1, -0.05) is 11.6 Å². The number of methoxy groups -OCH3 is 1. The molecule has 0 aliphatic carbocycles. The van der Waals surface area contributed by atoms with E-state index in [9.17, 15) is 9.59 Å². The first-order valence-electron chi connectivity index (χ1n) is 9.94. The van der Waals surface area contributed by atoms with Gasteiger partial charge < -0.3 is 24.8 Å². The monoisotopic (exact) mass is 448 g/mol. The van der Waals surface area contributed by atoms with Crippen LogP contribution in [-0.4, -0.2) is 37.7 Å². The summed E-state index contributed by atoms with van der Waals surface area (Å²) in [6.45, 7) is 8.08. The molecule has 0 fully saturated rings. The van der Waals surface area contributed by atoms with Gasteiger partial charge in [0.05, 0.1) is 19.3 Å². The van der Waals surface area contributed by atoms with Crippen LogP contribution >= 0.6 is 11.6 Å². The lowest BCUT2D eigenvalue weighted by atomic mass is 10.1. The number of carbonyl (C=O) groups excluding carboxylic acids is 2. The molecule has 2 aromatic carbocycles. The van der Waals surface area contributed by atoms with Crippen molar-refractivity contribution in [1.29, 1.82) is 0 Å². The molecule has 2 N–H and O–H groups in total. The Morgan fingerprint density at radius 1 is 1.06 bits per heavy atom. The van der Waals surface area contributed by atoms with Crippen molar-refractivity contribution in [2.24, 2.45) is 0 Å². The van der Waals surface area contributed by atoms with Crippen molar-refractivity contribution in [2.45, 2.75) is 39.8 Å². The van der Waals surface area contributed by atoms with Gasteiger partial charge in [-0.15, -0.1) is 0 Å². The molecular formula is C23H29ClN2O5. The summed E-state index contributed by atoms with van der Waals surface area (Å²) >= 11 is 6.41. The molecule has 168 valence electrons. The molecule has 0 saturated carbocycles. The van der Waals surface area contributed by atoms with Crippen molar-refractivity contribution >= 4 is 29.2 Å². The zero-order chi connectivity index (χ0) is 23.0. The van der Waals surface area contributed by atoms with E-state index in [1.807, 2.05) is 20.8 Å². The Morgan fingerprint density at radius 3 is 2.32 bits per heavy atom. The summed E-state index contributed by atoms with van der Waals surface area (Å²) in [5.74, 6) is 0.276. The summed E-state index contributed by atoms with van der Waals surface area (Å²) in [5.41, 5.74) is 1.76. The molecule has 0 saturated heterocycles. The van der Waals surface area contributed by atoms with Gasteiger partial charge in [0.2, 0.25) is 0 Å². The number of ether oxygens (including phenoxy) is 3. The smallest absolute Gasteiger partial charge is 0.338 e. The fourth-order valence-corrected chi connectivity index (χ4v) is 2.94. The maximum atomic E-state index is 12.0. The van der Waals surface area contributed by atoms with Crippen molar-refractivity contribution in [1.82, 2.24) is 5.32 Å². The average Bonchev–Trinajstić information content (AvgIpc) is 2.70. The Labute approximate surface area is 188 Å². The van der Waals surface area contributed by atoms with Gasteiger partial charge in [0, 0.05) is 28.9 Å². The number of amides is 1. The number of carbonyl (C=O) groups is 2. The number of nitrogens with one attached hydrogen (secondary N) is 2. The number of hydrogen-bond acceptors (Lipinski definition) is 6. The van der Waals surface area contributed by atoms with Crippen LogP contribution < -0.4 is 20.1 Å². The molecule has 8 heteroatoms. The maximum Gasteiger partial charge on any atom is 0.338 e. The molecule has 0 bridgehead atoms. The second-order valence-corrected chi connectivity index (χ2v) is 8.24. The number of halogens is 1. The predicted octanol–water partition coefficient (Wildman–Crippen LogP) is 4.43. The van der Waals surface area contributed by atoms with Gasteiger partial charge in [0.15, 0.2) is 18.1 Å². The highest BCUT2D eigenvalue weighted by molar-refractivity contribution is 6.31. The fourth-order valence-electron chi connectivity index (χ4n) is 2.72. The first-order chi connectivity index (χ1) is 14.6. The van der Waals surface area contributed by atoms with Crippen molar-refractivity contribution < 1.29 is 23.8 Å². The van der Waals surface area contributed by atoms with Crippen LogP contribution in [0.15, 0.2) is 36.4 Å². The molecule has 0 heterocycles. The van der Waals surface area contributed by atoms with Crippen molar-refractivity contribution in [3.63, 3.8) is 0 Å². The molecule has 2 rings (SSSR count). The molecule has 0 unspecified atom stereocenters. The number of rotatable bonds is 9. The summed E-state index contributed by atoms with van der Waals surface area (Å²) in [6.07, 6.45) is 0. The Morgan fingerprint density at radius 2 is 1.74 bits per heavy atom. The molecule has 2 aromatic rings. The van der Waals surface area contributed by atoms with E-state index in [4.69, 9.17) is 25.8 Å². The molecule has 1 amide bonds. The molecule has 0 radical (unpaired) electrons. The zero-order valence-corrected chi connectivity index (χ0v) is 19.3. The van der Waals surface area contributed by atoms with E-state index in [2.05, 4.69) is 10.6 Å². The van der Waals surface area contributed by atoms with Crippen LogP contribution in [0.5, 0.6) is 11.5 Å². The highest BCUT2D eigenvalue weighted by atomic mass is 35.5. The normalized spacial score (nSPS) is 10.9. The van der Waals surface area contributed by atoms with Crippen LogP contribution in [0.4, 0.5) is 5.69 Å². The Kier molecular flexibility index (Phi) is 8.56. The summed E-state index contributed by atoms with van der Waals surface area (Å²) in [7, 11) is 1.52. The van der Waals surface area contributed by atoms with Gasteiger partial charge in [0.25, 0.3) is 5.91 Å². The first-order valence-corrected chi connectivity index (χ1v) is 10.3. The summed E-state index contributed by atoms with van der Waals surface area (Å²) in [4.78, 5) is 23.7. The fraction of sp³-hybridized carbons (Fsp3) is 0.391. The molecule has 0 atom stereocenters. The van der Waals surface area contributed by atoms with Crippen molar-refractivity contribution in [3.8, 4) is 11.5 Å². The van der Waals surface area contributed by atoms with E-state index >= 15 is 0 Å². The predicted molar refractivity (Wildman–Crippen MR) is 121 cm³/mol. The second kappa shape index (κ2) is 10.9. The largest absolute Gasteiger partial charge is 0.493 e. The summed E-state index contributed by atoms with van der Waals surface area (Å²) in [6, 6.07) is 10.4. The van der Waals surface area contributed by atoms with Gasteiger partial charge in [-0.25, -0.2) is 4.79 Å². The van der Waals surface area contributed by atoms with Gasteiger partial charge in [0.1, 0.15) is 0 Å². The van der Waals surface area contributed by atoms with Crippen LogP contribution in [0.3, 0.4) is 0 Å². The van der Waals surface area contributed by atoms with Crippen LogP contribution in [0.1, 0.15) is 43.6 Å². The van der Waals surface area contributed by atoms with Crippen molar-refractivity contribution in [3.05, 3.63) is 52.5 Å². The quantitative estimate of drug-likeness (QED) is 0.552. The molecule has 0 aliphatic heterocycles. The minimum atomic E-state index is -0.353. The number of esters is 1. The lowest BCUT2D eigenvalue weighted by Gasteiger charge is -2.21. The van der Waals surface area contributed by atoms with Crippen LogP contribution in [0.25, 0.3) is 0 Å². The zero-order valence-electron chi connectivity index (χ0n) is 18.5. The lowest BCUT2D eigenvalue weighted by molar-refractivity contribution is -0.124. The average molecular weight is 449 g/mol. The number of hydrogen-bond donors (Lipinski definition) is 2. The molecule has 0 aromatic heterocycles. The third kappa shape index (κ3) is 7.68. The van der Waals surface area contributed by atoms with E-state index < -0.39 is 0 Å². The van der Waals surface area contributed by atoms with Crippen LogP contribution in [0.2, 0.25) is 5.02 Å². The van der Waals surface area contributed by atoms with E-state index in [0.29, 0.717) is 35.2 Å². The Hall–Kier alpha value is -2.93. The van der Waals surface area contributed by atoms with Gasteiger partial charge in [-0.3, -0.25) is 4.79 Å². The minimum Gasteiger partial charge on any atom is -0.493 e. The molecule has 31 heavy (non-hydrogen) atoms.